The summed E-state index contributed by atoms with van der Waals surface area (Å²) in [6.07, 6.45) is 2.93. The van der Waals surface area contributed by atoms with Crippen LogP contribution in [-0.2, 0) is 17.8 Å². The van der Waals surface area contributed by atoms with Gasteiger partial charge in [-0.05, 0) is 55.5 Å². The summed E-state index contributed by atoms with van der Waals surface area (Å²) >= 11 is 0. The number of nitrogens with one attached hydrogen (secondary N) is 2. The van der Waals surface area contributed by atoms with Crippen LogP contribution in [0.5, 0.6) is 0 Å². The molecular formula is C16H20N2O3. The van der Waals surface area contributed by atoms with E-state index in [2.05, 4.69) is 10.6 Å². The lowest BCUT2D eigenvalue weighted by molar-refractivity contribution is -0.141. The van der Waals surface area contributed by atoms with Crippen LogP contribution in [0.4, 0.5) is 0 Å². The zero-order valence-electron chi connectivity index (χ0n) is 11.9. The summed E-state index contributed by atoms with van der Waals surface area (Å²) in [5.41, 5.74) is 3.15. The largest absolute Gasteiger partial charge is 0.481 e. The van der Waals surface area contributed by atoms with Crippen molar-refractivity contribution in [3.63, 3.8) is 0 Å². The van der Waals surface area contributed by atoms with Gasteiger partial charge < -0.3 is 15.7 Å². The molecule has 0 aromatic heterocycles. The number of carbonyl (C=O) groups excluding carboxylic acids is 1. The second-order valence-corrected chi connectivity index (χ2v) is 5.93. The van der Waals surface area contributed by atoms with Gasteiger partial charge in [-0.25, -0.2) is 0 Å². The third-order valence-electron chi connectivity index (χ3n) is 4.47. The molecule has 1 amide bonds. The second-order valence-electron chi connectivity index (χ2n) is 5.93. The number of benzene rings is 1. The Morgan fingerprint density at radius 1 is 1.24 bits per heavy atom. The molecule has 1 saturated carbocycles. The predicted octanol–water partition coefficient (Wildman–Crippen LogP) is 1.32. The van der Waals surface area contributed by atoms with Crippen molar-refractivity contribution in [3.8, 4) is 0 Å². The van der Waals surface area contributed by atoms with Crippen LogP contribution < -0.4 is 10.6 Å². The van der Waals surface area contributed by atoms with E-state index >= 15 is 0 Å². The van der Waals surface area contributed by atoms with E-state index in [9.17, 15) is 9.59 Å². The summed E-state index contributed by atoms with van der Waals surface area (Å²) in [5, 5.41) is 15.3. The zero-order valence-corrected chi connectivity index (χ0v) is 11.9. The van der Waals surface area contributed by atoms with Gasteiger partial charge in [0.25, 0.3) is 5.91 Å². The molecule has 112 valence electrons. The molecule has 1 fully saturated rings. The maximum Gasteiger partial charge on any atom is 0.306 e. The summed E-state index contributed by atoms with van der Waals surface area (Å²) in [4.78, 5) is 23.2. The van der Waals surface area contributed by atoms with Crippen LogP contribution in [0.3, 0.4) is 0 Å². The molecule has 0 radical (unpaired) electrons. The van der Waals surface area contributed by atoms with Crippen LogP contribution in [0.25, 0.3) is 0 Å². The quantitative estimate of drug-likeness (QED) is 0.784. The molecule has 0 unspecified atom stereocenters. The first-order valence-corrected chi connectivity index (χ1v) is 7.49. The van der Waals surface area contributed by atoms with Crippen LogP contribution in [0, 0.1) is 5.92 Å². The number of fused-ring (bicyclic) bond motifs is 1. The third-order valence-corrected chi connectivity index (χ3v) is 4.47. The summed E-state index contributed by atoms with van der Waals surface area (Å²) in [6, 6.07) is 5.82. The lowest BCUT2D eigenvalue weighted by atomic mass is 9.98. The van der Waals surface area contributed by atoms with Gasteiger partial charge in [-0.2, -0.15) is 0 Å². The second kappa shape index (κ2) is 5.85. The standard InChI is InChI=1S/C16H20N2O3/c19-15(18-14-4-3-12(8-14)16(20)21)11-2-1-10-5-6-17-9-13(10)7-11/h1-2,7,12,14,17H,3-6,8-9H2,(H,18,19)(H,20,21)/t12-,14+/m1/s1. The van der Waals surface area contributed by atoms with Gasteiger partial charge in [-0.1, -0.05) is 6.07 Å². The first-order valence-electron chi connectivity index (χ1n) is 7.49. The summed E-state index contributed by atoms with van der Waals surface area (Å²) in [6.45, 7) is 1.79. The minimum absolute atomic E-state index is 0.0206. The molecule has 0 saturated heterocycles. The molecule has 1 aliphatic heterocycles. The van der Waals surface area contributed by atoms with E-state index in [1.807, 2.05) is 18.2 Å². The molecule has 2 atom stereocenters. The maximum atomic E-state index is 12.3. The van der Waals surface area contributed by atoms with Crippen molar-refractivity contribution in [3.05, 3.63) is 34.9 Å². The van der Waals surface area contributed by atoms with Crippen LogP contribution in [-0.4, -0.2) is 29.6 Å². The molecule has 1 aromatic rings. The minimum atomic E-state index is -0.758. The van der Waals surface area contributed by atoms with E-state index in [0.29, 0.717) is 18.4 Å². The highest BCUT2D eigenvalue weighted by atomic mass is 16.4. The molecule has 21 heavy (non-hydrogen) atoms. The Balaban J connectivity index is 1.65. The van der Waals surface area contributed by atoms with Crippen LogP contribution >= 0.6 is 0 Å². The highest BCUT2D eigenvalue weighted by Crippen LogP contribution is 2.26. The Morgan fingerprint density at radius 2 is 2.10 bits per heavy atom. The lowest BCUT2D eigenvalue weighted by Gasteiger charge is -2.18. The topological polar surface area (TPSA) is 78.4 Å². The molecule has 1 heterocycles. The molecule has 1 aliphatic carbocycles. The summed E-state index contributed by atoms with van der Waals surface area (Å²) < 4.78 is 0. The average molecular weight is 288 g/mol. The molecule has 3 N–H and O–H groups in total. The molecule has 0 spiro atoms. The number of carboxylic acid groups (broad SMARTS) is 1. The molecule has 5 nitrogen and oxygen atoms in total. The Hall–Kier alpha value is -1.88. The van der Waals surface area contributed by atoms with Crippen molar-refractivity contribution in [1.82, 2.24) is 10.6 Å². The van der Waals surface area contributed by atoms with Crippen molar-refractivity contribution in [2.45, 2.75) is 38.3 Å². The molecule has 2 aliphatic rings. The van der Waals surface area contributed by atoms with E-state index < -0.39 is 5.97 Å². The molecule has 5 heteroatoms. The smallest absolute Gasteiger partial charge is 0.306 e. The van der Waals surface area contributed by atoms with E-state index in [1.54, 1.807) is 0 Å². The number of carboxylic acids is 1. The van der Waals surface area contributed by atoms with Crippen molar-refractivity contribution >= 4 is 11.9 Å². The van der Waals surface area contributed by atoms with Gasteiger partial charge in [0.2, 0.25) is 0 Å². The Labute approximate surface area is 123 Å². The van der Waals surface area contributed by atoms with Crippen LogP contribution in [0.15, 0.2) is 18.2 Å². The van der Waals surface area contributed by atoms with E-state index in [4.69, 9.17) is 5.11 Å². The number of hydrogen-bond donors (Lipinski definition) is 3. The fourth-order valence-corrected chi connectivity index (χ4v) is 3.23. The first kappa shape index (κ1) is 14.1. The highest BCUT2D eigenvalue weighted by Gasteiger charge is 2.30. The number of hydrogen-bond acceptors (Lipinski definition) is 3. The zero-order chi connectivity index (χ0) is 14.8. The molecule has 3 rings (SSSR count). The maximum absolute atomic E-state index is 12.3. The molecular weight excluding hydrogens is 268 g/mol. The van der Waals surface area contributed by atoms with E-state index in [1.165, 1.54) is 11.1 Å². The predicted molar refractivity (Wildman–Crippen MR) is 78.1 cm³/mol. The van der Waals surface area contributed by atoms with Gasteiger partial charge in [0, 0.05) is 18.2 Å². The number of amides is 1. The van der Waals surface area contributed by atoms with Gasteiger partial charge in [-0.3, -0.25) is 9.59 Å². The SMILES string of the molecule is O=C(N[C@H]1CC[C@@H](C(=O)O)C1)c1ccc2c(c1)CNCC2. The van der Waals surface area contributed by atoms with Gasteiger partial charge in [0.05, 0.1) is 5.92 Å². The van der Waals surface area contributed by atoms with Crippen molar-refractivity contribution in [1.29, 1.82) is 0 Å². The summed E-state index contributed by atoms with van der Waals surface area (Å²) in [7, 11) is 0. The monoisotopic (exact) mass is 288 g/mol. The molecule has 0 bridgehead atoms. The lowest BCUT2D eigenvalue weighted by Crippen LogP contribution is -2.33. The number of carbonyl (C=O) groups is 2. The summed E-state index contributed by atoms with van der Waals surface area (Å²) in [5.74, 6) is -1.17. The normalized spacial score (nSPS) is 24.4. The first-order chi connectivity index (χ1) is 10.1. The Kier molecular flexibility index (Phi) is 3.92. The van der Waals surface area contributed by atoms with E-state index in [0.717, 1.165) is 25.9 Å². The van der Waals surface area contributed by atoms with Crippen molar-refractivity contribution in [2.24, 2.45) is 5.92 Å². The van der Waals surface area contributed by atoms with Crippen molar-refractivity contribution < 1.29 is 14.7 Å². The van der Waals surface area contributed by atoms with Gasteiger partial charge in [0.15, 0.2) is 0 Å². The minimum Gasteiger partial charge on any atom is -0.481 e. The Bertz CT molecular complexity index is 571. The van der Waals surface area contributed by atoms with Gasteiger partial charge in [0.1, 0.15) is 0 Å². The van der Waals surface area contributed by atoms with Crippen molar-refractivity contribution in [2.75, 3.05) is 6.54 Å². The van der Waals surface area contributed by atoms with Crippen LogP contribution in [0.1, 0.15) is 40.7 Å². The number of rotatable bonds is 3. The van der Waals surface area contributed by atoms with E-state index in [-0.39, 0.29) is 17.9 Å². The average Bonchev–Trinajstić information content (AvgIpc) is 2.95. The Morgan fingerprint density at radius 3 is 2.86 bits per heavy atom. The number of aliphatic carboxylic acids is 1. The van der Waals surface area contributed by atoms with Crippen LogP contribution in [0.2, 0.25) is 0 Å². The molecule has 1 aromatic carbocycles. The van der Waals surface area contributed by atoms with Gasteiger partial charge in [-0.15, -0.1) is 0 Å². The fraction of sp³-hybridized carbons (Fsp3) is 0.500. The van der Waals surface area contributed by atoms with Gasteiger partial charge >= 0.3 is 5.97 Å². The fourth-order valence-electron chi connectivity index (χ4n) is 3.23. The highest BCUT2D eigenvalue weighted by molar-refractivity contribution is 5.94. The third kappa shape index (κ3) is 3.08.